The van der Waals surface area contributed by atoms with Gasteiger partial charge in [0.2, 0.25) is 5.91 Å². The second kappa shape index (κ2) is 10.9. The van der Waals surface area contributed by atoms with Crippen molar-refractivity contribution in [3.05, 3.63) is 12.2 Å². The fourth-order valence-corrected chi connectivity index (χ4v) is 2.47. The van der Waals surface area contributed by atoms with Gasteiger partial charge in [-0.25, -0.2) is 0 Å². The van der Waals surface area contributed by atoms with Gasteiger partial charge in [-0.05, 0) is 26.2 Å². The molecule has 23 heavy (non-hydrogen) atoms. The fraction of sp³-hybridized carbons (Fsp3) is 0.800. The molecule has 0 fully saturated rings. The van der Waals surface area contributed by atoms with Gasteiger partial charge in [-0.1, -0.05) is 6.58 Å². The van der Waals surface area contributed by atoms with Gasteiger partial charge in [-0.3, -0.25) is 9.36 Å². The summed E-state index contributed by atoms with van der Waals surface area (Å²) >= 11 is 0. The third-order valence-electron chi connectivity index (χ3n) is 2.97. The van der Waals surface area contributed by atoms with Crippen molar-refractivity contribution in [3.8, 4) is 0 Å². The van der Waals surface area contributed by atoms with Crippen LogP contribution in [0.15, 0.2) is 12.2 Å². The number of phosphoric acid groups is 1. The van der Waals surface area contributed by atoms with Crippen molar-refractivity contribution >= 4 is 13.7 Å². The van der Waals surface area contributed by atoms with E-state index >= 15 is 0 Å². The van der Waals surface area contributed by atoms with Gasteiger partial charge in [0.25, 0.3) is 7.82 Å². The van der Waals surface area contributed by atoms with Crippen molar-refractivity contribution < 1.29 is 27.8 Å². The van der Waals surface area contributed by atoms with E-state index < -0.39 is 7.82 Å². The van der Waals surface area contributed by atoms with Crippen molar-refractivity contribution in [2.45, 2.75) is 32.6 Å². The van der Waals surface area contributed by atoms with Crippen LogP contribution in [0.4, 0.5) is 0 Å². The summed E-state index contributed by atoms with van der Waals surface area (Å²) in [6, 6.07) is 0. The molecule has 0 saturated carbocycles. The monoisotopic (exact) mass is 350 g/mol. The molecule has 1 unspecified atom stereocenters. The summed E-state index contributed by atoms with van der Waals surface area (Å²) < 4.78 is 21.9. The van der Waals surface area contributed by atoms with Crippen LogP contribution in [0, 0.1) is 0 Å². The van der Waals surface area contributed by atoms with Gasteiger partial charge in [0.05, 0.1) is 40.9 Å². The third-order valence-corrected chi connectivity index (χ3v) is 3.96. The highest BCUT2D eigenvalue weighted by Gasteiger charge is 2.11. The van der Waals surface area contributed by atoms with E-state index in [0.717, 1.165) is 23.9 Å². The highest BCUT2D eigenvalue weighted by Crippen LogP contribution is 2.38. The Bertz CT molecular complexity index is 421. The molecule has 1 amide bonds. The summed E-state index contributed by atoms with van der Waals surface area (Å²) in [7, 11) is 1.90. The first-order valence-corrected chi connectivity index (χ1v) is 9.34. The molecule has 0 aromatic heterocycles. The average molecular weight is 350 g/mol. The summed E-state index contributed by atoms with van der Waals surface area (Å²) in [5.41, 5.74) is 0.475. The van der Waals surface area contributed by atoms with E-state index in [2.05, 4.69) is 11.9 Å². The van der Waals surface area contributed by atoms with Crippen LogP contribution in [-0.2, 0) is 18.4 Å². The Labute approximate surface area is 139 Å². The molecule has 0 bridgehead atoms. The van der Waals surface area contributed by atoms with Crippen LogP contribution >= 0.6 is 7.82 Å². The lowest BCUT2D eigenvalue weighted by Gasteiger charge is -2.26. The Hall–Kier alpha value is -0.720. The zero-order valence-electron chi connectivity index (χ0n) is 14.8. The van der Waals surface area contributed by atoms with Gasteiger partial charge in [-0.2, -0.15) is 0 Å². The van der Waals surface area contributed by atoms with E-state index in [1.54, 1.807) is 6.92 Å². The first kappa shape index (κ1) is 22.3. The number of phosphoric ester groups is 1. The summed E-state index contributed by atoms with van der Waals surface area (Å²) in [6.45, 7) is 6.81. The largest absolute Gasteiger partial charge is 0.756 e. The van der Waals surface area contributed by atoms with Crippen LogP contribution in [-0.4, -0.2) is 57.8 Å². The minimum Gasteiger partial charge on any atom is -0.756 e. The van der Waals surface area contributed by atoms with E-state index in [9.17, 15) is 14.3 Å². The molecule has 0 aliphatic rings. The van der Waals surface area contributed by atoms with Gasteiger partial charge in [-0.15, -0.1) is 0 Å². The number of rotatable bonds is 13. The van der Waals surface area contributed by atoms with E-state index in [1.807, 2.05) is 21.1 Å². The summed E-state index contributed by atoms with van der Waals surface area (Å²) in [4.78, 5) is 22.7. The Morgan fingerprint density at radius 3 is 2.22 bits per heavy atom. The van der Waals surface area contributed by atoms with Gasteiger partial charge in [0.15, 0.2) is 0 Å². The third kappa shape index (κ3) is 14.6. The minimum atomic E-state index is -4.20. The molecule has 7 nitrogen and oxygen atoms in total. The van der Waals surface area contributed by atoms with Crippen LogP contribution in [0.2, 0.25) is 0 Å². The molecular formula is C15H31N2O5P. The molecule has 0 aliphatic carbocycles. The molecule has 0 rings (SSSR count). The lowest BCUT2D eigenvalue weighted by atomic mass is 10.2. The molecule has 0 aromatic rings. The van der Waals surface area contributed by atoms with Crippen LogP contribution in [0.1, 0.15) is 32.6 Å². The molecule has 8 heteroatoms. The quantitative estimate of drug-likeness (QED) is 0.235. The van der Waals surface area contributed by atoms with E-state index in [4.69, 9.17) is 9.05 Å². The molecule has 0 aromatic carbocycles. The van der Waals surface area contributed by atoms with E-state index in [0.29, 0.717) is 25.0 Å². The van der Waals surface area contributed by atoms with Gasteiger partial charge in [0.1, 0.15) is 0 Å². The molecule has 0 radical (unpaired) electrons. The van der Waals surface area contributed by atoms with Crippen molar-refractivity contribution in [2.75, 3.05) is 47.4 Å². The van der Waals surface area contributed by atoms with Crippen LogP contribution in [0.3, 0.4) is 0 Å². The number of nitrogens with zero attached hydrogens (tertiary/aromatic N) is 1. The van der Waals surface area contributed by atoms with Crippen molar-refractivity contribution in [1.82, 2.24) is 5.32 Å². The molecule has 1 atom stereocenters. The van der Waals surface area contributed by atoms with E-state index in [1.165, 1.54) is 0 Å². The second-order valence-electron chi connectivity index (χ2n) is 6.58. The number of quaternary nitrogens is 1. The second-order valence-corrected chi connectivity index (χ2v) is 7.99. The molecule has 0 spiro atoms. The normalized spacial score (nSPS) is 14.3. The molecule has 0 heterocycles. The Balaban J connectivity index is 3.61. The number of nitrogens with one attached hydrogen (secondary N) is 1. The topological polar surface area (TPSA) is 87.7 Å². The number of unbranched alkanes of at least 4 members (excludes halogenated alkanes) is 2. The van der Waals surface area contributed by atoms with Gasteiger partial charge in [0, 0.05) is 18.5 Å². The summed E-state index contributed by atoms with van der Waals surface area (Å²) in [5, 5.41) is 2.71. The summed E-state index contributed by atoms with van der Waals surface area (Å²) in [6.07, 6.45) is 2.77. The maximum Gasteiger partial charge on any atom is 0.267 e. The molecular weight excluding hydrogens is 319 g/mol. The molecule has 136 valence electrons. The predicted octanol–water partition coefficient (Wildman–Crippen LogP) is 1.45. The van der Waals surface area contributed by atoms with Crippen LogP contribution in [0.5, 0.6) is 0 Å². The van der Waals surface area contributed by atoms with Crippen molar-refractivity contribution in [1.29, 1.82) is 0 Å². The first-order valence-electron chi connectivity index (χ1n) is 7.88. The SMILES string of the molecule is C=C(C)C(=O)NCCCCCOP(=O)([O-])OCCC[N+](C)(C)C. The lowest BCUT2D eigenvalue weighted by Crippen LogP contribution is -2.35. The Morgan fingerprint density at radius 1 is 1.13 bits per heavy atom. The highest BCUT2D eigenvalue weighted by atomic mass is 31.2. The Kier molecular flexibility index (Phi) is 10.6. The van der Waals surface area contributed by atoms with Crippen molar-refractivity contribution in [2.24, 2.45) is 0 Å². The molecule has 0 saturated heterocycles. The van der Waals surface area contributed by atoms with Gasteiger partial charge < -0.3 is 23.7 Å². The Morgan fingerprint density at radius 2 is 1.70 bits per heavy atom. The average Bonchev–Trinajstić information content (AvgIpc) is 2.41. The molecule has 1 N–H and O–H groups in total. The zero-order chi connectivity index (χ0) is 17.9. The lowest BCUT2D eigenvalue weighted by molar-refractivity contribution is -0.870. The minimum absolute atomic E-state index is 0.102. The number of carbonyl (C=O) groups is 1. The molecule has 0 aliphatic heterocycles. The smallest absolute Gasteiger partial charge is 0.267 e. The maximum atomic E-state index is 11.5. The van der Waals surface area contributed by atoms with Crippen LogP contribution in [0.25, 0.3) is 0 Å². The zero-order valence-corrected chi connectivity index (χ0v) is 15.7. The van der Waals surface area contributed by atoms with Gasteiger partial charge >= 0.3 is 0 Å². The standard InChI is InChI=1S/C15H31N2O5P/c1-14(2)15(18)16-10-7-6-8-12-21-23(19,20)22-13-9-11-17(3,4)5/h1,6-13H2,2-5H3,(H-,16,18,19,20). The van der Waals surface area contributed by atoms with Crippen LogP contribution < -0.4 is 10.2 Å². The number of amides is 1. The maximum absolute atomic E-state index is 11.5. The summed E-state index contributed by atoms with van der Waals surface area (Å²) in [5.74, 6) is -0.160. The predicted molar refractivity (Wildman–Crippen MR) is 88.7 cm³/mol. The number of carbonyl (C=O) groups excluding carboxylic acids is 1. The van der Waals surface area contributed by atoms with E-state index in [-0.39, 0.29) is 19.1 Å². The number of hydrogen-bond acceptors (Lipinski definition) is 5. The number of hydrogen-bond donors (Lipinski definition) is 1. The fourth-order valence-electron chi connectivity index (χ4n) is 1.69. The first-order chi connectivity index (χ1) is 10.5. The highest BCUT2D eigenvalue weighted by molar-refractivity contribution is 7.45. The van der Waals surface area contributed by atoms with Crippen molar-refractivity contribution in [3.63, 3.8) is 0 Å².